The van der Waals surface area contributed by atoms with Crippen molar-refractivity contribution in [2.75, 3.05) is 0 Å². The number of carboxylic acid groups (broad SMARTS) is 1. The summed E-state index contributed by atoms with van der Waals surface area (Å²) in [4.78, 5) is 44.9. The summed E-state index contributed by atoms with van der Waals surface area (Å²) in [7, 11) is 0. The van der Waals surface area contributed by atoms with E-state index in [4.69, 9.17) is 10.8 Å². The summed E-state index contributed by atoms with van der Waals surface area (Å²) in [6.45, 7) is 3.47. The molecule has 3 amide bonds. The Bertz CT molecular complexity index is 397. The quantitative estimate of drug-likeness (QED) is 0.431. The van der Waals surface area contributed by atoms with Gasteiger partial charge in [0.25, 0.3) is 0 Å². The first-order valence-corrected chi connectivity index (χ1v) is 6.86. The fraction of sp³-hybridized carbons (Fsp3) is 0.692. The van der Waals surface area contributed by atoms with Crippen LogP contribution in [0.5, 0.6) is 0 Å². The van der Waals surface area contributed by atoms with Crippen molar-refractivity contribution in [3.63, 3.8) is 0 Å². The molecule has 0 rings (SSSR count). The Hall–Kier alpha value is -2.12. The molecule has 0 aromatic carbocycles. The van der Waals surface area contributed by atoms with Crippen molar-refractivity contribution in [1.82, 2.24) is 10.6 Å². The highest BCUT2D eigenvalue weighted by atomic mass is 16.4. The lowest BCUT2D eigenvalue weighted by molar-refractivity contribution is -0.137. The highest BCUT2D eigenvalue weighted by Crippen LogP contribution is 2.00. The van der Waals surface area contributed by atoms with Gasteiger partial charge in [-0.25, -0.2) is 0 Å². The lowest BCUT2D eigenvalue weighted by Gasteiger charge is -2.20. The third kappa shape index (κ3) is 9.42. The fourth-order valence-electron chi connectivity index (χ4n) is 1.66. The molecular formula is C13H23N3O5. The Morgan fingerprint density at radius 1 is 1.14 bits per heavy atom. The molecule has 8 nitrogen and oxygen atoms in total. The first-order valence-electron chi connectivity index (χ1n) is 6.86. The number of carbonyl (C=O) groups excluding carboxylic acids is 3. The van der Waals surface area contributed by atoms with Gasteiger partial charge in [0.2, 0.25) is 17.7 Å². The Balaban J connectivity index is 4.52. The van der Waals surface area contributed by atoms with Gasteiger partial charge in [-0.15, -0.1) is 0 Å². The van der Waals surface area contributed by atoms with E-state index in [1.165, 1.54) is 0 Å². The third-order valence-corrected chi connectivity index (χ3v) is 2.71. The van der Waals surface area contributed by atoms with Gasteiger partial charge in [-0.2, -0.15) is 0 Å². The van der Waals surface area contributed by atoms with E-state index in [0.717, 1.165) is 0 Å². The van der Waals surface area contributed by atoms with Gasteiger partial charge in [-0.3, -0.25) is 19.2 Å². The van der Waals surface area contributed by atoms with E-state index in [9.17, 15) is 19.2 Å². The number of hydrogen-bond donors (Lipinski definition) is 4. The van der Waals surface area contributed by atoms with E-state index < -0.39 is 23.8 Å². The molecule has 0 spiro atoms. The maximum Gasteiger partial charge on any atom is 0.303 e. The van der Waals surface area contributed by atoms with Gasteiger partial charge in [0.1, 0.15) is 6.04 Å². The highest BCUT2D eigenvalue weighted by Gasteiger charge is 2.23. The summed E-state index contributed by atoms with van der Waals surface area (Å²) in [6, 6.07) is -1.42. The van der Waals surface area contributed by atoms with Gasteiger partial charge in [-0.1, -0.05) is 6.92 Å². The summed E-state index contributed by atoms with van der Waals surface area (Å²) in [5, 5.41) is 13.6. The molecule has 0 aromatic heterocycles. The fourth-order valence-corrected chi connectivity index (χ4v) is 1.66. The summed E-state index contributed by atoms with van der Waals surface area (Å²) in [6.07, 6.45) is 0.743. The summed E-state index contributed by atoms with van der Waals surface area (Å²) in [5.74, 6) is -2.54. The molecule has 5 N–H and O–H groups in total. The molecule has 21 heavy (non-hydrogen) atoms. The second-order valence-electron chi connectivity index (χ2n) is 4.88. The number of nitrogens with two attached hydrogens (primary N) is 1. The van der Waals surface area contributed by atoms with Crippen molar-refractivity contribution in [2.45, 2.75) is 58.0 Å². The van der Waals surface area contributed by atoms with Crippen molar-refractivity contribution in [1.29, 1.82) is 0 Å². The van der Waals surface area contributed by atoms with E-state index in [1.54, 1.807) is 6.92 Å². The highest BCUT2D eigenvalue weighted by molar-refractivity contribution is 5.91. The van der Waals surface area contributed by atoms with Crippen LogP contribution < -0.4 is 16.4 Å². The van der Waals surface area contributed by atoms with E-state index in [2.05, 4.69) is 10.6 Å². The van der Waals surface area contributed by atoms with Gasteiger partial charge < -0.3 is 21.5 Å². The van der Waals surface area contributed by atoms with Crippen LogP contribution in [-0.4, -0.2) is 40.9 Å². The van der Waals surface area contributed by atoms with Gasteiger partial charge in [0.15, 0.2) is 0 Å². The molecule has 0 unspecified atom stereocenters. The molecule has 0 aliphatic carbocycles. The molecule has 8 heteroatoms. The van der Waals surface area contributed by atoms with Crippen LogP contribution >= 0.6 is 0 Å². The molecule has 0 aliphatic heterocycles. The van der Waals surface area contributed by atoms with Crippen LogP contribution in [0.2, 0.25) is 0 Å². The predicted octanol–water partition coefficient (Wildman–Crippen LogP) is -0.484. The maximum absolute atomic E-state index is 12.0. The van der Waals surface area contributed by atoms with Crippen molar-refractivity contribution in [2.24, 2.45) is 5.73 Å². The molecule has 0 aliphatic rings. The zero-order chi connectivity index (χ0) is 16.4. The van der Waals surface area contributed by atoms with Crippen LogP contribution in [0, 0.1) is 0 Å². The largest absolute Gasteiger partial charge is 0.481 e. The number of aliphatic carboxylic acids is 1. The SMILES string of the molecule is CCCC(=O)N[C@H](CC(N)=O)C(=O)N[C@@H](C)CCC(=O)O. The number of hydrogen-bond acceptors (Lipinski definition) is 4. The lowest BCUT2D eigenvalue weighted by Crippen LogP contribution is -2.50. The minimum Gasteiger partial charge on any atom is -0.481 e. The molecule has 0 saturated heterocycles. The van der Waals surface area contributed by atoms with E-state index in [-0.39, 0.29) is 37.6 Å². The summed E-state index contributed by atoms with van der Waals surface area (Å²) in [5.41, 5.74) is 5.06. The number of rotatable bonds is 10. The molecule has 0 radical (unpaired) electrons. The molecule has 2 atom stereocenters. The number of carboxylic acids is 1. The van der Waals surface area contributed by atoms with Crippen LogP contribution in [0.1, 0.15) is 46.0 Å². The number of nitrogens with one attached hydrogen (secondary N) is 2. The Morgan fingerprint density at radius 3 is 2.24 bits per heavy atom. The smallest absolute Gasteiger partial charge is 0.303 e. The monoisotopic (exact) mass is 301 g/mol. The van der Waals surface area contributed by atoms with Crippen LogP contribution in [0.25, 0.3) is 0 Å². The van der Waals surface area contributed by atoms with Gasteiger partial charge >= 0.3 is 5.97 Å². The lowest BCUT2D eigenvalue weighted by atomic mass is 10.1. The third-order valence-electron chi connectivity index (χ3n) is 2.71. The zero-order valence-corrected chi connectivity index (χ0v) is 12.3. The van der Waals surface area contributed by atoms with Gasteiger partial charge in [-0.05, 0) is 19.8 Å². The van der Waals surface area contributed by atoms with Crippen LogP contribution in [0.15, 0.2) is 0 Å². The van der Waals surface area contributed by atoms with Crippen LogP contribution in [0.4, 0.5) is 0 Å². The molecule has 0 aromatic rings. The molecule has 120 valence electrons. The predicted molar refractivity (Wildman–Crippen MR) is 75.1 cm³/mol. The minimum absolute atomic E-state index is 0.0792. The normalized spacial score (nSPS) is 13.0. The van der Waals surface area contributed by atoms with Crippen molar-refractivity contribution in [3.05, 3.63) is 0 Å². The van der Waals surface area contributed by atoms with Gasteiger partial charge in [0.05, 0.1) is 6.42 Å². The van der Waals surface area contributed by atoms with Crippen molar-refractivity contribution < 1.29 is 24.3 Å². The minimum atomic E-state index is -1.03. The number of primary amides is 1. The molecule has 0 fully saturated rings. The standard InChI is InChI=1S/C13H23N3O5/c1-3-4-11(18)16-9(7-10(14)17)13(21)15-8(2)5-6-12(19)20/h8-9H,3-7H2,1-2H3,(H2,14,17)(H,15,21)(H,16,18)(H,19,20)/t8-,9+/m0/s1. The summed E-state index contributed by atoms with van der Waals surface area (Å²) >= 11 is 0. The first kappa shape index (κ1) is 18.9. The number of amides is 3. The Morgan fingerprint density at radius 2 is 1.76 bits per heavy atom. The van der Waals surface area contributed by atoms with E-state index >= 15 is 0 Å². The Labute approximate surface area is 123 Å². The zero-order valence-electron chi connectivity index (χ0n) is 12.3. The number of carbonyl (C=O) groups is 4. The second-order valence-corrected chi connectivity index (χ2v) is 4.88. The topological polar surface area (TPSA) is 139 Å². The van der Waals surface area contributed by atoms with Gasteiger partial charge in [0, 0.05) is 18.9 Å². The van der Waals surface area contributed by atoms with Crippen molar-refractivity contribution in [3.8, 4) is 0 Å². The molecule has 0 saturated carbocycles. The first-order chi connectivity index (χ1) is 9.76. The average Bonchev–Trinajstić information content (AvgIpc) is 2.35. The van der Waals surface area contributed by atoms with E-state index in [0.29, 0.717) is 6.42 Å². The molecular weight excluding hydrogens is 278 g/mol. The second kappa shape index (κ2) is 9.73. The molecule has 0 bridgehead atoms. The van der Waals surface area contributed by atoms with Crippen LogP contribution in [0.3, 0.4) is 0 Å². The summed E-state index contributed by atoms with van der Waals surface area (Å²) < 4.78 is 0. The maximum atomic E-state index is 12.0. The molecule has 0 heterocycles. The Kier molecular flexibility index (Phi) is 8.75. The average molecular weight is 301 g/mol. The van der Waals surface area contributed by atoms with Crippen LogP contribution in [-0.2, 0) is 19.2 Å². The van der Waals surface area contributed by atoms with E-state index in [1.807, 2.05) is 6.92 Å². The van der Waals surface area contributed by atoms with Crippen molar-refractivity contribution >= 4 is 23.7 Å².